The first-order chi connectivity index (χ1) is 9.24. The maximum absolute atomic E-state index is 9.00. The molecule has 92 valence electrons. The lowest BCUT2D eigenvalue weighted by atomic mass is 10.1. The molecular weight excluding hydrogens is 236 g/mol. The van der Waals surface area contributed by atoms with Gasteiger partial charge in [0.1, 0.15) is 11.9 Å². The standard InChI is InChI=1S/C15H12N4/c1-11(13-6-4-12(9-16)5-7-13)19-15-14(10-17)3-2-8-18-15/h2-8,11H,1H3,(H,18,19). The fraction of sp³-hybridized carbons (Fsp3) is 0.133. The van der Waals surface area contributed by atoms with Gasteiger partial charge in [0.2, 0.25) is 0 Å². The summed E-state index contributed by atoms with van der Waals surface area (Å²) in [5, 5.41) is 21.0. The summed E-state index contributed by atoms with van der Waals surface area (Å²) >= 11 is 0. The first-order valence-electron chi connectivity index (χ1n) is 5.86. The van der Waals surface area contributed by atoms with Crippen LogP contribution in [0.5, 0.6) is 0 Å². The molecule has 2 aromatic rings. The summed E-state index contributed by atoms with van der Waals surface area (Å²) in [4.78, 5) is 4.16. The van der Waals surface area contributed by atoms with Gasteiger partial charge in [-0.25, -0.2) is 4.98 Å². The Kier molecular flexibility index (Phi) is 3.75. The molecule has 0 amide bonds. The molecule has 1 aromatic heterocycles. The largest absolute Gasteiger partial charge is 0.362 e. The smallest absolute Gasteiger partial charge is 0.144 e. The number of nitriles is 2. The summed E-state index contributed by atoms with van der Waals surface area (Å²) in [7, 11) is 0. The van der Waals surface area contributed by atoms with Gasteiger partial charge in [-0.15, -0.1) is 0 Å². The lowest BCUT2D eigenvalue weighted by molar-refractivity contribution is 0.873. The minimum absolute atomic E-state index is 0.00902. The summed E-state index contributed by atoms with van der Waals surface area (Å²) < 4.78 is 0. The van der Waals surface area contributed by atoms with Gasteiger partial charge >= 0.3 is 0 Å². The van der Waals surface area contributed by atoms with Crippen LogP contribution in [0.3, 0.4) is 0 Å². The summed E-state index contributed by atoms with van der Waals surface area (Å²) in [5.74, 6) is 0.571. The van der Waals surface area contributed by atoms with Gasteiger partial charge in [-0.2, -0.15) is 10.5 Å². The number of nitrogens with zero attached hydrogens (tertiary/aromatic N) is 3. The van der Waals surface area contributed by atoms with Crippen LogP contribution in [0.25, 0.3) is 0 Å². The molecule has 0 fully saturated rings. The number of aromatic nitrogens is 1. The van der Waals surface area contributed by atoms with E-state index in [2.05, 4.69) is 22.4 Å². The number of pyridine rings is 1. The van der Waals surface area contributed by atoms with Crippen molar-refractivity contribution in [1.29, 1.82) is 10.5 Å². The van der Waals surface area contributed by atoms with Gasteiger partial charge in [0, 0.05) is 12.2 Å². The monoisotopic (exact) mass is 248 g/mol. The zero-order valence-electron chi connectivity index (χ0n) is 10.5. The highest BCUT2D eigenvalue weighted by atomic mass is 15.0. The van der Waals surface area contributed by atoms with Crippen LogP contribution < -0.4 is 5.32 Å². The second-order valence-electron chi connectivity index (χ2n) is 4.11. The Morgan fingerprint density at radius 3 is 2.47 bits per heavy atom. The fourth-order valence-electron chi connectivity index (χ4n) is 1.75. The number of nitrogens with one attached hydrogen (secondary N) is 1. The maximum Gasteiger partial charge on any atom is 0.144 e. The lowest BCUT2D eigenvalue weighted by Gasteiger charge is -2.15. The SMILES string of the molecule is CC(Nc1ncccc1C#N)c1ccc(C#N)cc1. The van der Waals surface area contributed by atoms with Gasteiger partial charge < -0.3 is 5.32 Å². The molecule has 1 heterocycles. The Bertz CT molecular complexity index is 647. The molecule has 19 heavy (non-hydrogen) atoms. The normalized spacial score (nSPS) is 11.1. The molecule has 1 N–H and O–H groups in total. The third-order valence-electron chi connectivity index (χ3n) is 2.82. The Hall–Kier alpha value is -2.85. The van der Waals surface area contributed by atoms with Crippen molar-refractivity contribution in [1.82, 2.24) is 4.98 Å². The van der Waals surface area contributed by atoms with Crippen molar-refractivity contribution in [3.63, 3.8) is 0 Å². The van der Waals surface area contributed by atoms with E-state index in [1.807, 2.05) is 19.1 Å². The molecule has 1 atom stereocenters. The Balaban J connectivity index is 2.19. The summed E-state index contributed by atoms with van der Waals surface area (Å²) in [6.45, 7) is 1.98. The minimum atomic E-state index is 0.00902. The van der Waals surface area contributed by atoms with Crippen molar-refractivity contribution in [2.75, 3.05) is 5.32 Å². The van der Waals surface area contributed by atoms with Crippen LogP contribution in [0.4, 0.5) is 5.82 Å². The molecule has 1 unspecified atom stereocenters. The second-order valence-corrected chi connectivity index (χ2v) is 4.11. The minimum Gasteiger partial charge on any atom is -0.362 e. The number of hydrogen-bond acceptors (Lipinski definition) is 4. The van der Waals surface area contributed by atoms with Crippen LogP contribution in [0.1, 0.15) is 29.7 Å². The Morgan fingerprint density at radius 1 is 1.11 bits per heavy atom. The van der Waals surface area contributed by atoms with Crippen LogP contribution in [0.2, 0.25) is 0 Å². The first kappa shape index (κ1) is 12.6. The van der Waals surface area contributed by atoms with E-state index in [1.165, 1.54) is 0 Å². The highest BCUT2D eigenvalue weighted by molar-refractivity contribution is 5.52. The van der Waals surface area contributed by atoms with E-state index in [0.717, 1.165) is 5.56 Å². The molecule has 0 saturated carbocycles. The Labute approximate surface area is 112 Å². The second kappa shape index (κ2) is 5.66. The van der Waals surface area contributed by atoms with E-state index in [1.54, 1.807) is 30.5 Å². The summed E-state index contributed by atoms with van der Waals surface area (Å²) in [5.41, 5.74) is 2.18. The summed E-state index contributed by atoms with van der Waals surface area (Å²) in [6, 6.07) is 15.0. The van der Waals surface area contributed by atoms with Gasteiger partial charge in [-0.05, 0) is 36.8 Å². The van der Waals surface area contributed by atoms with Crippen molar-refractivity contribution >= 4 is 5.82 Å². The highest BCUT2D eigenvalue weighted by Gasteiger charge is 2.08. The number of benzene rings is 1. The Morgan fingerprint density at radius 2 is 1.84 bits per heavy atom. The molecule has 2 rings (SSSR count). The predicted octanol–water partition coefficient (Wildman–Crippen LogP) is 3.00. The molecule has 0 aliphatic rings. The van der Waals surface area contributed by atoms with E-state index in [-0.39, 0.29) is 6.04 Å². The van der Waals surface area contributed by atoms with Crippen LogP contribution in [-0.2, 0) is 0 Å². The number of rotatable bonds is 3. The molecule has 4 heteroatoms. The van der Waals surface area contributed by atoms with Crippen LogP contribution >= 0.6 is 0 Å². The number of hydrogen-bond donors (Lipinski definition) is 1. The highest BCUT2D eigenvalue weighted by Crippen LogP contribution is 2.20. The zero-order valence-corrected chi connectivity index (χ0v) is 10.5. The van der Waals surface area contributed by atoms with Crippen molar-refractivity contribution in [3.05, 3.63) is 59.3 Å². The van der Waals surface area contributed by atoms with Crippen molar-refractivity contribution in [3.8, 4) is 12.1 Å². The molecule has 1 aromatic carbocycles. The third kappa shape index (κ3) is 2.88. The van der Waals surface area contributed by atoms with E-state index in [9.17, 15) is 0 Å². The van der Waals surface area contributed by atoms with Gasteiger partial charge in [0.05, 0.1) is 17.2 Å². The molecular formula is C15H12N4. The molecule has 4 nitrogen and oxygen atoms in total. The third-order valence-corrected chi connectivity index (χ3v) is 2.82. The van der Waals surface area contributed by atoms with E-state index in [0.29, 0.717) is 16.9 Å². The summed E-state index contributed by atoms with van der Waals surface area (Å²) in [6.07, 6.45) is 1.65. The lowest BCUT2D eigenvalue weighted by Crippen LogP contribution is -2.09. The van der Waals surface area contributed by atoms with Gasteiger partial charge in [-0.1, -0.05) is 12.1 Å². The van der Waals surface area contributed by atoms with Crippen molar-refractivity contribution < 1.29 is 0 Å². The number of anilines is 1. The molecule has 0 aliphatic carbocycles. The quantitative estimate of drug-likeness (QED) is 0.906. The van der Waals surface area contributed by atoms with Crippen molar-refractivity contribution in [2.24, 2.45) is 0 Å². The first-order valence-corrected chi connectivity index (χ1v) is 5.86. The van der Waals surface area contributed by atoms with Crippen molar-refractivity contribution in [2.45, 2.75) is 13.0 Å². The molecule has 0 spiro atoms. The van der Waals surface area contributed by atoms with Gasteiger partial charge in [0.15, 0.2) is 0 Å². The van der Waals surface area contributed by atoms with E-state index >= 15 is 0 Å². The topological polar surface area (TPSA) is 72.5 Å². The van der Waals surface area contributed by atoms with E-state index < -0.39 is 0 Å². The van der Waals surface area contributed by atoms with Crippen LogP contribution in [0, 0.1) is 22.7 Å². The predicted molar refractivity (Wildman–Crippen MR) is 72.1 cm³/mol. The van der Waals surface area contributed by atoms with E-state index in [4.69, 9.17) is 10.5 Å². The van der Waals surface area contributed by atoms with Gasteiger partial charge in [0.25, 0.3) is 0 Å². The fourth-order valence-corrected chi connectivity index (χ4v) is 1.75. The average molecular weight is 248 g/mol. The molecule has 0 saturated heterocycles. The molecule has 0 aliphatic heterocycles. The average Bonchev–Trinajstić information content (AvgIpc) is 2.48. The van der Waals surface area contributed by atoms with Gasteiger partial charge in [-0.3, -0.25) is 0 Å². The van der Waals surface area contributed by atoms with Crippen LogP contribution in [-0.4, -0.2) is 4.98 Å². The molecule has 0 radical (unpaired) electrons. The van der Waals surface area contributed by atoms with Crippen LogP contribution in [0.15, 0.2) is 42.6 Å². The maximum atomic E-state index is 9.00. The zero-order chi connectivity index (χ0) is 13.7. The molecule has 0 bridgehead atoms.